The number of nitrogens with one attached hydrogen (secondary N) is 1. The summed E-state index contributed by atoms with van der Waals surface area (Å²) in [7, 11) is 0. The quantitative estimate of drug-likeness (QED) is 0.691. The van der Waals surface area contributed by atoms with Crippen LogP contribution in [0.2, 0.25) is 0 Å². The number of benzene rings is 2. The molecule has 8 heteroatoms. The van der Waals surface area contributed by atoms with Gasteiger partial charge < -0.3 is 15.5 Å². The number of fused-ring (bicyclic) bond motifs is 1. The van der Waals surface area contributed by atoms with E-state index in [1.54, 1.807) is 6.92 Å². The lowest BCUT2D eigenvalue weighted by Crippen LogP contribution is -2.16. The summed E-state index contributed by atoms with van der Waals surface area (Å²) < 4.78 is 54.5. The second kappa shape index (κ2) is 5.80. The maximum absolute atomic E-state index is 14.0. The van der Waals surface area contributed by atoms with Gasteiger partial charge in [0.1, 0.15) is 17.3 Å². The van der Waals surface area contributed by atoms with Gasteiger partial charge in [-0.25, -0.2) is 4.39 Å². The molecule has 25 heavy (non-hydrogen) atoms. The summed E-state index contributed by atoms with van der Waals surface area (Å²) >= 11 is 0. The van der Waals surface area contributed by atoms with E-state index < -0.39 is 18.1 Å². The van der Waals surface area contributed by atoms with Crippen LogP contribution in [0.1, 0.15) is 16.1 Å². The van der Waals surface area contributed by atoms with Gasteiger partial charge in [0.25, 0.3) is 5.91 Å². The van der Waals surface area contributed by atoms with E-state index in [2.05, 4.69) is 9.72 Å². The molecule has 0 radical (unpaired) electrons. The minimum absolute atomic E-state index is 0.152. The number of primary amides is 1. The molecule has 130 valence electrons. The minimum Gasteiger partial charge on any atom is -0.406 e. The summed E-state index contributed by atoms with van der Waals surface area (Å²) in [6.45, 7) is 1.63. The number of rotatable bonds is 3. The van der Waals surface area contributed by atoms with Crippen molar-refractivity contribution in [2.24, 2.45) is 5.73 Å². The summed E-state index contributed by atoms with van der Waals surface area (Å²) in [5, 5.41) is 0.472. The molecule has 0 saturated carbocycles. The highest BCUT2D eigenvalue weighted by molar-refractivity contribution is 6.04. The van der Waals surface area contributed by atoms with Crippen molar-refractivity contribution in [2.75, 3.05) is 0 Å². The molecule has 3 aromatic rings. The number of hydrogen-bond acceptors (Lipinski definition) is 2. The predicted molar refractivity (Wildman–Crippen MR) is 83.6 cm³/mol. The third-order valence-electron chi connectivity index (χ3n) is 3.78. The molecule has 1 aromatic heterocycles. The maximum Gasteiger partial charge on any atom is 0.573 e. The van der Waals surface area contributed by atoms with Crippen LogP contribution in [0.3, 0.4) is 0 Å². The second-order valence-electron chi connectivity index (χ2n) is 5.44. The summed E-state index contributed by atoms with van der Waals surface area (Å²) in [6.07, 6.45) is -4.79. The zero-order valence-electron chi connectivity index (χ0n) is 12.9. The van der Waals surface area contributed by atoms with Gasteiger partial charge in [-0.3, -0.25) is 4.79 Å². The predicted octanol–water partition coefficient (Wildman–Crippen LogP) is 4.28. The average Bonchev–Trinajstić information content (AvgIpc) is 2.83. The number of aryl methyl sites for hydroxylation is 1. The van der Waals surface area contributed by atoms with E-state index in [1.165, 1.54) is 24.3 Å². The zero-order chi connectivity index (χ0) is 18.4. The number of nitrogens with two attached hydrogens (primary N) is 1. The lowest BCUT2D eigenvalue weighted by Gasteiger charge is -2.10. The molecule has 0 fully saturated rings. The maximum atomic E-state index is 14.0. The van der Waals surface area contributed by atoms with Crippen LogP contribution >= 0.6 is 0 Å². The summed E-state index contributed by atoms with van der Waals surface area (Å²) in [6, 6.07) is 7.49. The first kappa shape index (κ1) is 16.8. The third-order valence-corrected chi connectivity index (χ3v) is 3.78. The highest BCUT2D eigenvalue weighted by Crippen LogP contribution is 2.34. The normalized spacial score (nSPS) is 11.7. The van der Waals surface area contributed by atoms with Gasteiger partial charge in [-0.1, -0.05) is 12.1 Å². The number of carbonyl (C=O) groups is 1. The Kier molecular flexibility index (Phi) is 3.90. The molecule has 0 aliphatic heterocycles. The summed E-state index contributed by atoms with van der Waals surface area (Å²) in [5.41, 5.74) is 7.27. The molecule has 1 amide bonds. The molecule has 0 unspecified atom stereocenters. The van der Waals surface area contributed by atoms with Crippen molar-refractivity contribution >= 4 is 16.8 Å². The number of hydrogen-bond donors (Lipinski definition) is 2. The Bertz CT molecular complexity index is 959. The molecule has 3 rings (SSSR count). The van der Waals surface area contributed by atoms with E-state index >= 15 is 0 Å². The molecule has 2 aromatic carbocycles. The first-order valence-corrected chi connectivity index (χ1v) is 7.13. The highest BCUT2D eigenvalue weighted by Gasteiger charge is 2.31. The van der Waals surface area contributed by atoms with Crippen LogP contribution in [0.4, 0.5) is 17.6 Å². The van der Waals surface area contributed by atoms with Crippen molar-refractivity contribution in [3.8, 4) is 16.9 Å². The Morgan fingerprint density at radius 3 is 2.36 bits per heavy atom. The van der Waals surface area contributed by atoms with Crippen molar-refractivity contribution < 1.29 is 27.1 Å². The van der Waals surface area contributed by atoms with Gasteiger partial charge >= 0.3 is 6.36 Å². The van der Waals surface area contributed by atoms with Crippen LogP contribution < -0.4 is 10.5 Å². The van der Waals surface area contributed by atoms with E-state index in [4.69, 9.17) is 5.73 Å². The van der Waals surface area contributed by atoms with Crippen molar-refractivity contribution in [3.63, 3.8) is 0 Å². The molecule has 0 atom stereocenters. The Balaban J connectivity index is 2.12. The number of halogens is 4. The van der Waals surface area contributed by atoms with Crippen molar-refractivity contribution in [1.82, 2.24) is 4.98 Å². The van der Waals surface area contributed by atoms with Crippen LogP contribution in [0.15, 0.2) is 36.4 Å². The van der Waals surface area contributed by atoms with Crippen LogP contribution in [-0.2, 0) is 0 Å². The number of aromatic amines is 1. The smallest absolute Gasteiger partial charge is 0.406 e. The number of ether oxygens (including phenoxy) is 1. The van der Waals surface area contributed by atoms with Gasteiger partial charge in [0, 0.05) is 10.9 Å². The standard InChI is InChI=1S/C17H12F4N2O2/c1-8-12-6-10(18)7-13(15(12)23-14(8)16(22)24)9-2-4-11(5-3-9)25-17(19,20)21/h2-7,23H,1H3,(H2,22,24). The zero-order valence-corrected chi connectivity index (χ0v) is 12.9. The van der Waals surface area contributed by atoms with Crippen LogP contribution in [0.25, 0.3) is 22.0 Å². The van der Waals surface area contributed by atoms with Crippen LogP contribution in [-0.4, -0.2) is 17.3 Å². The fourth-order valence-corrected chi connectivity index (χ4v) is 2.70. The first-order chi connectivity index (χ1) is 11.7. The van der Waals surface area contributed by atoms with Gasteiger partial charge in [-0.2, -0.15) is 0 Å². The SMILES string of the molecule is Cc1c(C(N)=O)[nH]c2c(-c3ccc(OC(F)(F)F)cc3)cc(F)cc12. The lowest BCUT2D eigenvalue weighted by molar-refractivity contribution is -0.274. The average molecular weight is 352 g/mol. The molecule has 0 aliphatic rings. The Labute approximate surface area is 139 Å². The Morgan fingerprint density at radius 1 is 1.16 bits per heavy atom. The summed E-state index contributed by atoms with van der Waals surface area (Å²) in [4.78, 5) is 14.3. The van der Waals surface area contributed by atoms with Gasteiger partial charge in [-0.05, 0) is 42.3 Å². The number of aromatic nitrogens is 1. The molecule has 4 nitrogen and oxygen atoms in total. The lowest BCUT2D eigenvalue weighted by atomic mass is 10.0. The Hall–Kier alpha value is -3.03. The van der Waals surface area contributed by atoms with E-state index in [1.807, 2.05) is 0 Å². The molecule has 3 N–H and O–H groups in total. The monoisotopic (exact) mass is 352 g/mol. The van der Waals surface area contributed by atoms with Gasteiger partial charge in [-0.15, -0.1) is 13.2 Å². The number of alkyl halides is 3. The van der Waals surface area contributed by atoms with Gasteiger partial charge in [0.05, 0.1) is 5.52 Å². The minimum atomic E-state index is -4.79. The number of H-pyrrole nitrogens is 1. The van der Waals surface area contributed by atoms with E-state index in [0.717, 1.165) is 12.1 Å². The molecule has 1 heterocycles. The van der Waals surface area contributed by atoms with E-state index in [-0.39, 0.29) is 11.4 Å². The highest BCUT2D eigenvalue weighted by atomic mass is 19.4. The topological polar surface area (TPSA) is 68.1 Å². The largest absolute Gasteiger partial charge is 0.573 e. The first-order valence-electron chi connectivity index (χ1n) is 7.13. The summed E-state index contributed by atoms with van der Waals surface area (Å²) in [5.74, 6) is -1.62. The van der Waals surface area contributed by atoms with Crippen molar-refractivity contribution in [3.05, 3.63) is 53.5 Å². The molecule has 0 spiro atoms. The molecule has 0 saturated heterocycles. The van der Waals surface area contributed by atoms with Crippen molar-refractivity contribution in [1.29, 1.82) is 0 Å². The fraction of sp³-hybridized carbons (Fsp3) is 0.118. The molecular weight excluding hydrogens is 340 g/mol. The fourth-order valence-electron chi connectivity index (χ4n) is 2.70. The number of amides is 1. The van der Waals surface area contributed by atoms with Crippen LogP contribution in [0.5, 0.6) is 5.75 Å². The van der Waals surface area contributed by atoms with Crippen molar-refractivity contribution in [2.45, 2.75) is 13.3 Å². The molecule has 0 aliphatic carbocycles. The van der Waals surface area contributed by atoms with Gasteiger partial charge in [0.15, 0.2) is 0 Å². The molecular formula is C17H12F4N2O2. The molecule has 0 bridgehead atoms. The third kappa shape index (κ3) is 3.28. The Morgan fingerprint density at radius 2 is 1.80 bits per heavy atom. The van der Waals surface area contributed by atoms with E-state index in [0.29, 0.717) is 27.6 Å². The second-order valence-corrected chi connectivity index (χ2v) is 5.44. The van der Waals surface area contributed by atoms with Gasteiger partial charge in [0.2, 0.25) is 0 Å². The van der Waals surface area contributed by atoms with E-state index in [9.17, 15) is 22.4 Å². The number of carbonyl (C=O) groups excluding carboxylic acids is 1. The van der Waals surface area contributed by atoms with Crippen LogP contribution in [0, 0.1) is 12.7 Å².